The summed E-state index contributed by atoms with van der Waals surface area (Å²) in [5.74, 6) is -0.281. The van der Waals surface area contributed by atoms with Gasteiger partial charge in [0.1, 0.15) is 5.01 Å². The second-order valence-electron chi connectivity index (χ2n) is 5.40. The lowest BCUT2D eigenvalue weighted by molar-refractivity contribution is 0.102. The first kappa shape index (κ1) is 16.5. The normalized spacial score (nSPS) is 17.6. The average molecular weight is 395 g/mol. The number of hydrogen-bond donors (Lipinski definition) is 1. The zero-order chi connectivity index (χ0) is 17.6. The molecule has 1 N–H and O–H groups in total. The highest BCUT2D eigenvalue weighted by Crippen LogP contribution is 2.42. The monoisotopic (exact) mass is 395 g/mol. The highest BCUT2D eigenvalue weighted by atomic mass is 32.2. The fraction of sp³-hybridized carbons (Fsp3) is 0.286. The molecule has 0 saturated carbocycles. The van der Waals surface area contributed by atoms with Crippen molar-refractivity contribution in [3.8, 4) is 0 Å². The van der Waals surface area contributed by atoms with Gasteiger partial charge in [-0.25, -0.2) is 8.42 Å². The molecule has 2 aromatic rings. The molecule has 0 bridgehead atoms. The predicted octanol–water partition coefficient (Wildman–Crippen LogP) is 1.96. The number of hydrogen-bond acceptors (Lipinski definition) is 8. The minimum atomic E-state index is -3.39. The molecule has 11 heteroatoms. The van der Waals surface area contributed by atoms with E-state index >= 15 is 0 Å². The first-order chi connectivity index (χ1) is 11.9. The van der Waals surface area contributed by atoms with Crippen LogP contribution in [0.1, 0.15) is 22.3 Å². The topological polar surface area (TPSA) is 105 Å². The number of carbonyl (C=O) groups is 1. The molecule has 0 saturated heterocycles. The molecule has 2 aliphatic rings. The second kappa shape index (κ2) is 6.07. The molecule has 0 fully saturated rings. The Morgan fingerprint density at radius 1 is 1.36 bits per heavy atom. The van der Waals surface area contributed by atoms with Gasteiger partial charge < -0.3 is 4.90 Å². The molecule has 0 radical (unpaired) electrons. The van der Waals surface area contributed by atoms with Crippen LogP contribution in [0, 0.1) is 0 Å². The number of anilines is 2. The summed E-state index contributed by atoms with van der Waals surface area (Å²) in [5, 5.41) is 12.4. The van der Waals surface area contributed by atoms with Gasteiger partial charge in [0.25, 0.3) is 15.9 Å². The molecule has 4 rings (SSSR count). The molecule has 3 heterocycles. The standard InChI is InChI=1S/C14H13N5O3S3/c1-2-11-16-17-13(24-11)15-12(20)8-3-4-9-10(7-8)23-14-18-25(21,22)6-5-19(9)14/h3-4,7H,2,5-6H2,1H3,(H,15,17,20). The van der Waals surface area contributed by atoms with Crippen molar-refractivity contribution in [1.29, 1.82) is 0 Å². The van der Waals surface area contributed by atoms with Gasteiger partial charge in [-0.2, -0.15) is 0 Å². The van der Waals surface area contributed by atoms with Crippen LogP contribution in [0.2, 0.25) is 0 Å². The Kier molecular flexibility index (Phi) is 4.01. The third-order valence-corrected chi connectivity index (χ3v) is 7.01. The van der Waals surface area contributed by atoms with Crippen LogP contribution in [-0.2, 0) is 16.4 Å². The number of amidine groups is 1. The van der Waals surface area contributed by atoms with E-state index in [4.69, 9.17) is 0 Å². The van der Waals surface area contributed by atoms with Crippen molar-refractivity contribution in [1.82, 2.24) is 10.2 Å². The number of thioether (sulfide) groups is 1. The quantitative estimate of drug-likeness (QED) is 0.847. The lowest BCUT2D eigenvalue weighted by atomic mass is 10.2. The van der Waals surface area contributed by atoms with Crippen molar-refractivity contribution in [2.75, 3.05) is 22.5 Å². The van der Waals surface area contributed by atoms with E-state index in [1.807, 2.05) is 17.9 Å². The average Bonchev–Trinajstić information content (AvgIpc) is 3.16. The van der Waals surface area contributed by atoms with E-state index in [9.17, 15) is 13.2 Å². The predicted molar refractivity (Wildman–Crippen MR) is 98.1 cm³/mol. The Morgan fingerprint density at radius 3 is 2.96 bits per heavy atom. The van der Waals surface area contributed by atoms with Gasteiger partial charge in [0.2, 0.25) is 5.13 Å². The summed E-state index contributed by atoms with van der Waals surface area (Å²) in [7, 11) is -3.39. The molecular formula is C14H13N5O3S3. The molecular weight excluding hydrogens is 382 g/mol. The Balaban J connectivity index is 1.58. The fourth-order valence-corrected chi connectivity index (χ4v) is 5.46. The lowest BCUT2D eigenvalue weighted by Gasteiger charge is -2.22. The van der Waals surface area contributed by atoms with Gasteiger partial charge in [-0.05, 0) is 36.4 Å². The number of fused-ring (bicyclic) bond motifs is 3. The third-order valence-electron chi connectivity index (χ3n) is 3.72. The highest BCUT2D eigenvalue weighted by Gasteiger charge is 2.33. The van der Waals surface area contributed by atoms with Crippen LogP contribution in [0.5, 0.6) is 0 Å². The first-order valence-corrected chi connectivity index (χ1v) is 10.8. The molecule has 2 aliphatic heterocycles. The maximum Gasteiger partial charge on any atom is 0.257 e. The SMILES string of the molecule is CCc1nnc(NC(=O)c2ccc3c(c2)SC2=NS(=O)(=O)CCN23)s1. The second-order valence-corrected chi connectivity index (χ2v) is 9.23. The van der Waals surface area contributed by atoms with E-state index < -0.39 is 10.0 Å². The smallest absolute Gasteiger partial charge is 0.257 e. The summed E-state index contributed by atoms with van der Waals surface area (Å²) in [6.07, 6.45) is 0.768. The van der Waals surface area contributed by atoms with Crippen LogP contribution in [0.3, 0.4) is 0 Å². The van der Waals surface area contributed by atoms with Gasteiger partial charge in [0.15, 0.2) is 5.17 Å². The summed E-state index contributed by atoms with van der Waals surface area (Å²) in [4.78, 5) is 15.1. The number of aromatic nitrogens is 2. The zero-order valence-corrected chi connectivity index (χ0v) is 15.5. The van der Waals surface area contributed by atoms with Gasteiger partial charge >= 0.3 is 0 Å². The lowest BCUT2D eigenvalue weighted by Crippen LogP contribution is -2.35. The number of amides is 1. The number of nitrogens with zero attached hydrogens (tertiary/aromatic N) is 4. The molecule has 8 nitrogen and oxygen atoms in total. The Labute approximate surface area is 152 Å². The molecule has 0 atom stereocenters. The van der Waals surface area contributed by atoms with Gasteiger partial charge in [0, 0.05) is 17.0 Å². The molecule has 1 aromatic carbocycles. The van der Waals surface area contributed by atoms with Crippen LogP contribution in [0.25, 0.3) is 0 Å². The number of carbonyl (C=O) groups excluding carboxylic acids is 1. The van der Waals surface area contributed by atoms with E-state index in [0.29, 0.717) is 22.4 Å². The van der Waals surface area contributed by atoms with Gasteiger partial charge in [-0.1, -0.05) is 18.3 Å². The van der Waals surface area contributed by atoms with Gasteiger partial charge in [-0.3, -0.25) is 10.1 Å². The first-order valence-electron chi connectivity index (χ1n) is 7.51. The molecule has 1 aromatic heterocycles. The van der Waals surface area contributed by atoms with Crippen LogP contribution in [0.4, 0.5) is 10.8 Å². The van der Waals surface area contributed by atoms with Crippen molar-refractivity contribution in [3.63, 3.8) is 0 Å². The minimum absolute atomic E-state index is 0.00442. The van der Waals surface area contributed by atoms with Gasteiger partial charge in [-0.15, -0.1) is 14.6 Å². The maximum absolute atomic E-state index is 12.4. The number of benzene rings is 1. The van der Waals surface area contributed by atoms with E-state index in [1.54, 1.807) is 12.1 Å². The minimum Gasteiger partial charge on any atom is -0.318 e. The molecule has 130 valence electrons. The number of nitrogens with one attached hydrogen (secondary N) is 1. The summed E-state index contributed by atoms with van der Waals surface area (Å²) >= 11 is 2.60. The van der Waals surface area contributed by atoms with Crippen LogP contribution in [0.15, 0.2) is 27.5 Å². The Hall–Kier alpha value is -1.98. The Morgan fingerprint density at radius 2 is 2.20 bits per heavy atom. The molecule has 25 heavy (non-hydrogen) atoms. The zero-order valence-electron chi connectivity index (χ0n) is 13.1. The van der Waals surface area contributed by atoms with Crippen molar-refractivity contribution in [2.24, 2.45) is 4.40 Å². The van der Waals surface area contributed by atoms with Crippen LogP contribution in [-0.4, -0.2) is 42.0 Å². The van der Waals surface area contributed by atoms with E-state index in [0.717, 1.165) is 22.0 Å². The summed E-state index contributed by atoms with van der Waals surface area (Å²) in [5.41, 5.74) is 1.35. The molecule has 0 unspecified atom stereocenters. The number of aryl methyl sites for hydroxylation is 1. The van der Waals surface area contributed by atoms with E-state index in [1.165, 1.54) is 23.1 Å². The van der Waals surface area contributed by atoms with Crippen molar-refractivity contribution < 1.29 is 13.2 Å². The molecule has 1 amide bonds. The summed E-state index contributed by atoms with van der Waals surface area (Å²) in [6, 6.07) is 5.27. The van der Waals surface area contributed by atoms with Crippen molar-refractivity contribution in [2.45, 2.75) is 18.2 Å². The molecule has 0 aliphatic carbocycles. The number of sulfonamides is 1. The largest absolute Gasteiger partial charge is 0.318 e. The maximum atomic E-state index is 12.4. The fourth-order valence-electron chi connectivity index (χ4n) is 2.49. The Bertz CT molecular complexity index is 999. The summed E-state index contributed by atoms with van der Waals surface area (Å²) < 4.78 is 27.1. The van der Waals surface area contributed by atoms with Gasteiger partial charge in [0.05, 0.1) is 11.4 Å². The van der Waals surface area contributed by atoms with E-state index in [2.05, 4.69) is 19.9 Å². The highest BCUT2D eigenvalue weighted by molar-refractivity contribution is 8.15. The van der Waals surface area contributed by atoms with E-state index in [-0.39, 0.29) is 11.7 Å². The van der Waals surface area contributed by atoms with Crippen LogP contribution < -0.4 is 10.2 Å². The number of rotatable bonds is 3. The molecule has 0 spiro atoms. The van der Waals surface area contributed by atoms with Crippen molar-refractivity contribution in [3.05, 3.63) is 28.8 Å². The van der Waals surface area contributed by atoms with Crippen LogP contribution >= 0.6 is 23.1 Å². The van der Waals surface area contributed by atoms with Crippen molar-refractivity contribution >= 4 is 55.0 Å². The third kappa shape index (κ3) is 3.14. The summed E-state index contributed by atoms with van der Waals surface area (Å²) in [6.45, 7) is 2.35.